The smallest absolute Gasteiger partial charge is 0.165 e. The Labute approximate surface area is 122 Å². The van der Waals surface area contributed by atoms with Crippen molar-refractivity contribution in [2.24, 2.45) is 0 Å². The molecule has 2 aromatic rings. The van der Waals surface area contributed by atoms with E-state index in [1.165, 1.54) is 6.07 Å². The molecule has 3 nitrogen and oxygen atoms in total. The zero-order valence-electron chi connectivity index (χ0n) is 11.8. The Morgan fingerprint density at radius 3 is 3.00 bits per heavy atom. The molecule has 1 aromatic carbocycles. The molecule has 0 fully saturated rings. The highest BCUT2D eigenvalue weighted by Gasteiger charge is 2.10. The first-order valence-corrected chi connectivity index (χ1v) is 7.60. The zero-order valence-corrected chi connectivity index (χ0v) is 12.6. The van der Waals surface area contributed by atoms with Crippen molar-refractivity contribution < 1.29 is 9.13 Å². The number of aryl methyl sites for hydroxylation is 1. The fourth-order valence-electron chi connectivity index (χ4n) is 1.93. The van der Waals surface area contributed by atoms with Crippen molar-refractivity contribution in [3.05, 3.63) is 45.7 Å². The lowest BCUT2D eigenvalue weighted by molar-refractivity contribution is 0.282. The number of benzene rings is 1. The first-order valence-electron chi connectivity index (χ1n) is 6.72. The lowest BCUT2D eigenvalue weighted by atomic mass is 10.2. The normalized spacial score (nSPS) is 10.8. The summed E-state index contributed by atoms with van der Waals surface area (Å²) < 4.78 is 19.5. The van der Waals surface area contributed by atoms with Gasteiger partial charge in [0.05, 0.1) is 10.7 Å². The largest absolute Gasteiger partial charge is 0.484 e. The third-order valence-corrected chi connectivity index (χ3v) is 3.80. The topological polar surface area (TPSA) is 34.1 Å². The van der Waals surface area contributed by atoms with Gasteiger partial charge in [0.25, 0.3) is 0 Å². The van der Waals surface area contributed by atoms with E-state index in [0.717, 1.165) is 29.1 Å². The van der Waals surface area contributed by atoms with Crippen LogP contribution in [0.2, 0.25) is 0 Å². The molecule has 0 amide bonds. The van der Waals surface area contributed by atoms with Crippen LogP contribution in [0.1, 0.15) is 29.6 Å². The van der Waals surface area contributed by atoms with E-state index in [9.17, 15) is 4.39 Å². The third-order valence-electron chi connectivity index (χ3n) is 2.84. The summed E-state index contributed by atoms with van der Waals surface area (Å²) in [6.07, 6.45) is 2.06. The lowest BCUT2D eigenvalue weighted by Crippen LogP contribution is -2.08. The molecule has 0 bridgehead atoms. The van der Waals surface area contributed by atoms with E-state index in [4.69, 9.17) is 4.74 Å². The predicted octanol–water partition coefficient (Wildman–Crippen LogP) is 3.53. The van der Waals surface area contributed by atoms with Gasteiger partial charge in [-0.05, 0) is 26.0 Å². The monoisotopic (exact) mass is 294 g/mol. The van der Waals surface area contributed by atoms with Crippen LogP contribution in [0.25, 0.3) is 0 Å². The van der Waals surface area contributed by atoms with Crippen molar-refractivity contribution in [1.82, 2.24) is 10.3 Å². The zero-order chi connectivity index (χ0) is 14.4. The van der Waals surface area contributed by atoms with Gasteiger partial charge in [-0.25, -0.2) is 9.37 Å². The summed E-state index contributed by atoms with van der Waals surface area (Å²) in [5.41, 5.74) is 1.67. The van der Waals surface area contributed by atoms with Crippen LogP contribution in [0.4, 0.5) is 4.39 Å². The van der Waals surface area contributed by atoms with E-state index < -0.39 is 0 Å². The van der Waals surface area contributed by atoms with Crippen LogP contribution in [-0.2, 0) is 19.6 Å². The molecule has 5 heteroatoms. The molecular formula is C15H19FN2OS. The number of aromatic nitrogens is 1. The molecule has 2 rings (SSSR count). The van der Waals surface area contributed by atoms with Crippen LogP contribution in [0.5, 0.6) is 5.75 Å². The molecule has 0 saturated carbocycles. The summed E-state index contributed by atoms with van der Waals surface area (Å²) in [7, 11) is 1.83. The molecule has 1 aromatic heterocycles. The van der Waals surface area contributed by atoms with Crippen molar-refractivity contribution in [2.75, 3.05) is 7.05 Å². The highest BCUT2D eigenvalue weighted by Crippen LogP contribution is 2.24. The van der Waals surface area contributed by atoms with Gasteiger partial charge in [0.2, 0.25) is 0 Å². The molecule has 0 atom stereocenters. The molecule has 0 aliphatic heterocycles. The summed E-state index contributed by atoms with van der Waals surface area (Å²) in [6.45, 7) is 3.00. The SMILES string of the molecule is CCCc1nc(COc2c(F)cccc2CNC)cs1. The fourth-order valence-corrected chi connectivity index (χ4v) is 2.82. The van der Waals surface area contributed by atoms with Crippen molar-refractivity contribution in [3.63, 3.8) is 0 Å². The van der Waals surface area contributed by atoms with Gasteiger partial charge < -0.3 is 10.1 Å². The highest BCUT2D eigenvalue weighted by atomic mass is 32.1. The number of hydrogen-bond acceptors (Lipinski definition) is 4. The molecule has 0 saturated heterocycles. The van der Waals surface area contributed by atoms with Gasteiger partial charge >= 0.3 is 0 Å². The molecule has 0 aliphatic rings. The Bertz CT molecular complexity index is 557. The lowest BCUT2D eigenvalue weighted by Gasteiger charge is -2.11. The molecule has 1 heterocycles. The van der Waals surface area contributed by atoms with Crippen molar-refractivity contribution in [1.29, 1.82) is 0 Å². The van der Waals surface area contributed by atoms with E-state index in [-0.39, 0.29) is 5.82 Å². The minimum Gasteiger partial charge on any atom is -0.484 e. The van der Waals surface area contributed by atoms with Gasteiger partial charge in [0.1, 0.15) is 6.61 Å². The third kappa shape index (κ3) is 3.77. The number of halogens is 1. The van der Waals surface area contributed by atoms with Crippen LogP contribution < -0.4 is 10.1 Å². The summed E-state index contributed by atoms with van der Waals surface area (Å²) in [4.78, 5) is 4.48. The number of rotatable bonds is 7. The van der Waals surface area contributed by atoms with Crippen LogP contribution in [0.3, 0.4) is 0 Å². The van der Waals surface area contributed by atoms with E-state index in [1.54, 1.807) is 17.4 Å². The van der Waals surface area contributed by atoms with Gasteiger partial charge in [-0.15, -0.1) is 11.3 Å². The Morgan fingerprint density at radius 1 is 1.40 bits per heavy atom. The number of hydrogen-bond donors (Lipinski definition) is 1. The van der Waals surface area contributed by atoms with Gasteiger partial charge in [0, 0.05) is 17.5 Å². The van der Waals surface area contributed by atoms with Gasteiger partial charge in [-0.1, -0.05) is 19.1 Å². The Balaban J connectivity index is 2.05. The second-order valence-corrected chi connectivity index (χ2v) is 5.47. The summed E-state index contributed by atoms with van der Waals surface area (Å²) in [6, 6.07) is 4.97. The minimum atomic E-state index is -0.332. The summed E-state index contributed by atoms with van der Waals surface area (Å²) in [5.74, 6) is -0.0198. The average molecular weight is 294 g/mol. The molecule has 0 radical (unpaired) electrons. The Morgan fingerprint density at radius 2 is 2.25 bits per heavy atom. The second-order valence-electron chi connectivity index (χ2n) is 4.53. The maximum atomic E-state index is 13.8. The maximum Gasteiger partial charge on any atom is 0.165 e. The van der Waals surface area contributed by atoms with Crippen molar-refractivity contribution in [3.8, 4) is 5.75 Å². The molecule has 20 heavy (non-hydrogen) atoms. The molecular weight excluding hydrogens is 275 g/mol. The van der Waals surface area contributed by atoms with Crippen LogP contribution in [0, 0.1) is 5.82 Å². The number of nitrogens with zero attached hydrogens (tertiary/aromatic N) is 1. The minimum absolute atomic E-state index is 0.303. The molecule has 0 unspecified atom stereocenters. The quantitative estimate of drug-likeness (QED) is 0.848. The molecule has 108 valence electrons. The van der Waals surface area contributed by atoms with Gasteiger partial charge in [-0.2, -0.15) is 0 Å². The fraction of sp³-hybridized carbons (Fsp3) is 0.400. The van der Waals surface area contributed by atoms with Gasteiger partial charge in [-0.3, -0.25) is 0 Å². The summed E-state index contributed by atoms with van der Waals surface area (Å²) >= 11 is 1.63. The van der Waals surface area contributed by atoms with Crippen LogP contribution >= 0.6 is 11.3 Å². The average Bonchev–Trinajstić information content (AvgIpc) is 2.87. The van der Waals surface area contributed by atoms with E-state index >= 15 is 0 Å². The maximum absolute atomic E-state index is 13.8. The molecule has 0 aliphatic carbocycles. The van der Waals surface area contributed by atoms with E-state index in [0.29, 0.717) is 18.9 Å². The number of thiazole rings is 1. The highest BCUT2D eigenvalue weighted by molar-refractivity contribution is 7.09. The van der Waals surface area contributed by atoms with E-state index in [1.807, 2.05) is 18.5 Å². The summed E-state index contributed by atoms with van der Waals surface area (Å²) in [5, 5.41) is 6.09. The Kier molecular flexibility index (Phi) is 5.49. The van der Waals surface area contributed by atoms with Gasteiger partial charge in [0.15, 0.2) is 11.6 Å². The van der Waals surface area contributed by atoms with E-state index in [2.05, 4.69) is 17.2 Å². The number of para-hydroxylation sites is 1. The molecule has 1 N–H and O–H groups in total. The second kappa shape index (κ2) is 7.36. The van der Waals surface area contributed by atoms with Crippen LogP contribution in [-0.4, -0.2) is 12.0 Å². The standard InChI is InChI=1S/C15H19FN2OS/c1-3-5-14-18-12(10-20-14)9-19-15-11(8-17-2)6-4-7-13(15)16/h4,6-7,10,17H,3,5,8-9H2,1-2H3. The predicted molar refractivity (Wildman–Crippen MR) is 79.6 cm³/mol. The Hall–Kier alpha value is -1.46. The molecule has 0 spiro atoms. The number of nitrogens with one attached hydrogen (secondary N) is 1. The van der Waals surface area contributed by atoms with Crippen molar-refractivity contribution >= 4 is 11.3 Å². The van der Waals surface area contributed by atoms with Crippen molar-refractivity contribution in [2.45, 2.75) is 32.9 Å². The van der Waals surface area contributed by atoms with Crippen LogP contribution in [0.15, 0.2) is 23.6 Å². The number of ether oxygens (including phenoxy) is 1. The first-order chi connectivity index (χ1) is 9.74. The first kappa shape index (κ1) is 14.9.